The highest BCUT2D eigenvalue weighted by molar-refractivity contribution is 7.15. The number of nitrogens with zero attached hydrogens (tertiary/aromatic N) is 2. The zero-order valence-corrected chi connectivity index (χ0v) is 13.7. The minimum Gasteiger partial charge on any atom is -0.326 e. The van der Waals surface area contributed by atoms with Crippen LogP contribution in [0.3, 0.4) is 0 Å². The Morgan fingerprint density at radius 3 is 2.75 bits per heavy atom. The molecule has 4 rings (SSSR count). The number of aromatic nitrogens is 2. The molecule has 0 unspecified atom stereocenters. The number of benzene rings is 2. The van der Waals surface area contributed by atoms with Crippen LogP contribution in [0, 0.1) is 0 Å². The number of carbonyl (C=O) groups excluding carboxylic acids is 1. The van der Waals surface area contributed by atoms with Crippen LogP contribution in [0.2, 0.25) is 0 Å². The van der Waals surface area contributed by atoms with Crippen LogP contribution < -0.4 is 5.32 Å². The van der Waals surface area contributed by atoms with Gasteiger partial charge in [-0.3, -0.25) is 9.20 Å². The summed E-state index contributed by atoms with van der Waals surface area (Å²) in [6.07, 6.45) is 4.10. The summed E-state index contributed by atoms with van der Waals surface area (Å²) in [5, 5.41) is 4.93. The first kappa shape index (κ1) is 14.7. The SMILES string of the molecule is O=C(Cc1cn2ccsc2n1)Nc1cccc(-c2ccccc2)c1. The van der Waals surface area contributed by atoms with Gasteiger partial charge in [0.05, 0.1) is 12.1 Å². The van der Waals surface area contributed by atoms with Crippen LogP contribution in [0.5, 0.6) is 0 Å². The molecule has 2 aromatic carbocycles. The second kappa shape index (κ2) is 6.29. The Morgan fingerprint density at radius 1 is 1.08 bits per heavy atom. The molecule has 0 saturated heterocycles. The van der Waals surface area contributed by atoms with Gasteiger partial charge in [-0.2, -0.15) is 0 Å². The molecule has 24 heavy (non-hydrogen) atoms. The molecule has 1 amide bonds. The van der Waals surface area contributed by atoms with Crippen molar-refractivity contribution in [2.45, 2.75) is 6.42 Å². The lowest BCUT2D eigenvalue weighted by molar-refractivity contribution is -0.115. The van der Waals surface area contributed by atoms with Crippen molar-refractivity contribution in [2.24, 2.45) is 0 Å². The maximum atomic E-state index is 12.3. The van der Waals surface area contributed by atoms with Crippen LogP contribution >= 0.6 is 11.3 Å². The smallest absolute Gasteiger partial charge is 0.230 e. The van der Waals surface area contributed by atoms with Gasteiger partial charge in [-0.25, -0.2) is 4.98 Å². The predicted molar refractivity (Wildman–Crippen MR) is 97.3 cm³/mol. The molecule has 0 aliphatic carbocycles. The number of anilines is 1. The van der Waals surface area contributed by atoms with E-state index in [4.69, 9.17) is 0 Å². The topological polar surface area (TPSA) is 46.4 Å². The van der Waals surface area contributed by atoms with Gasteiger partial charge in [0.25, 0.3) is 0 Å². The highest BCUT2D eigenvalue weighted by atomic mass is 32.1. The third-order valence-electron chi connectivity index (χ3n) is 3.74. The molecule has 1 N–H and O–H groups in total. The second-order valence-corrected chi connectivity index (χ2v) is 6.37. The Labute approximate surface area is 143 Å². The van der Waals surface area contributed by atoms with Crippen molar-refractivity contribution < 1.29 is 4.79 Å². The molecule has 5 heteroatoms. The number of thiazole rings is 1. The van der Waals surface area contributed by atoms with E-state index in [0.717, 1.165) is 27.5 Å². The average molecular weight is 333 g/mol. The highest BCUT2D eigenvalue weighted by Gasteiger charge is 2.09. The summed E-state index contributed by atoms with van der Waals surface area (Å²) in [7, 11) is 0. The lowest BCUT2D eigenvalue weighted by Crippen LogP contribution is -2.14. The summed E-state index contributed by atoms with van der Waals surface area (Å²) >= 11 is 1.56. The first-order valence-corrected chi connectivity index (χ1v) is 8.52. The van der Waals surface area contributed by atoms with E-state index in [2.05, 4.69) is 22.4 Å². The van der Waals surface area contributed by atoms with Crippen LogP contribution in [0.15, 0.2) is 72.4 Å². The molecule has 0 spiro atoms. The van der Waals surface area contributed by atoms with E-state index in [0.29, 0.717) is 0 Å². The van der Waals surface area contributed by atoms with Crippen molar-refractivity contribution in [3.63, 3.8) is 0 Å². The van der Waals surface area contributed by atoms with Crippen molar-refractivity contribution in [3.05, 3.63) is 78.1 Å². The number of nitrogens with one attached hydrogen (secondary N) is 1. The number of hydrogen-bond donors (Lipinski definition) is 1. The van der Waals surface area contributed by atoms with Gasteiger partial charge < -0.3 is 5.32 Å². The molecule has 0 saturated carbocycles. The van der Waals surface area contributed by atoms with Gasteiger partial charge in [0.2, 0.25) is 5.91 Å². The number of hydrogen-bond acceptors (Lipinski definition) is 3. The number of carbonyl (C=O) groups is 1. The van der Waals surface area contributed by atoms with Crippen molar-refractivity contribution in [1.29, 1.82) is 0 Å². The third kappa shape index (κ3) is 3.07. The van der Waals surface area contributed by atoms with E-state index in [-0.39, 0.29) is 12.3 Å². The van der Waals surface area contributed by atoms with Gasteiger partial charge in [-0.05, 0) is 23.3 Å². The van der Waals surface area contributed by atoms with Crippen LogP contribution in [0.1, 0.15) is 5.69 Å². The van der Waals surface area contributed by atoms with E-state index in [9.17, 15) is 4.79 Å². The number of fused-ring (bicyclic) bond motifs is 1. The fourth-order valence-corrected chi connectivity index (χ4v) is 3.36. The second-order valence-electron chi connectivity index (χ2n) is 5.50. The summed E-state index contributed by atoms with van der Waals surface area (Å²) in [5.41, 5.74) is 3.78. The predicted octanol–water partition coefficient (Wildman–Crippen LogP) is 4.24. The van der Waals surface area contributed by atoms with Gasteiger partial charge in [0.1, 0.15) is 0 Å². The fraction of sp³-hybridized carbons (Fsp3) is 0.0526. The molecule has 0 atom stereocenters. The monoisotopic (exact) mass is 333 g/mol. The zero-order valence-electron chi connectivity index (χ0n) is 12.8. The van der Waals surface area contributed by atoms with E-state index < -0.39 is 0 Å². The van der Waals surface area contributed by atoms with E-state index >= 15 is 0 Å². The molecule has 0 bridgehead atoms. The molecular weight excluding hydrogens is 318 g/mol. The minimum atomic E-state index is -0.0639. The maximum absolute atomic E-state index is 12.3. The van der Waals surface area contributed by atoms with Crippen LogP contribution in [-0.2, 0) is 11.2 Å². The Bertz CT molecular complexity index is 959. The molecule has 0 aliphatic heterocycles. The number of amides is 1. The Balaban J connectivity index is 1.48. The molecule has 2 aromatic heterocycles. The summed E-state index contributed by atoms with van der Waals surface area (Å²) in [6.45, 7) is 0. The summed E-state index contributed by atoms with van der Waals surface area (Å²) < 4.78 is 1.93. The largest absolute Gasteiger partial charge is 0.326 e. The van der Waals surface area contributed by atoms with E-state index in [1.807, 2.05) is 64.6 Å². The van der Waals surface area contributed by atoms with Crippen molar-refractivity contribution in [1.82, 2.24) is 9.38 Å². The normalized spacial score (nSPS) is 10.8. The molecular formula is C19H15N3OS. The van der Waals surface area contributed by atoms with Crippen LogP contribution in [0.4, 0.5) is 5.69 Å². The molecule has 0 fully saturated rings. The van der Waals surface area contributed by atoms with Gasteiger partial charge >= 0.3 is 0 Å². The lowest BCUT2D eigenvalue weighted by atomic mass is 10.1. The average Bonchev–Trinajstić information content (AvgIpc) is 3.17. The Morgan fingerprint density at radius 2 is 1.92 bits per heavy atom. The molecule has 4 nitrogen and oxygen atoms in total. The minimum absolute atomic E-state index is 0.0639. The van der Waals surface area contributed by atoms with E-state index in [1.165, 1.54) is 0 Å². The van der Waals surface area contributed by atoms with Crippen molar-refractivity contribution in [3.8, 4) is 11.1 Å². The molecule has 0 radical (unpaired) electrons. The van der Waals surface area contributed by atoms with Crippen LogP contribution in [-0.4, -0.2) is 15.3 Å². The first-order chi connectivity index (χ1) is 11.8. The fourth-order valence-electron chi connectivity index (χ4n) is 2.64. The summed E-state index contributed by atoms with van der Waals surface area (Å²) in [4.78, 5) is 17.6. The number of imidazole rings is 1. The molecule has 0 aliphatic rings. The lowest BCUT2D eigenvalue weighted by Gasteiger charge is -2.07. The van der Waals surface area contributed by atoms with Gasteiger partial charge in [-0.15, -0.1) is 11.3 Å². The standard InChI is InChI=1S/C19H15N3OS/c23-18(12-17-13-22-9-10-24-19(22)21-17)20-16-8-4-7-15(11-16)14-5-2-1-3-6-14/h1-11,13H,12H2,(H,20,23). The van der Waals surface area contributed by atoms with Gasteiger partial charge in [-0.1, -0.05) is 42.5 Å². The Kier molecular flexibility index (Phi) is 3.84. The molecule has 2 heterocycles. The Hall–Kier alpha value is -2.92. The van der Waals surface area contributed by atoms with Gasteiger partial charge in [0.15, 0.2) is 4.96 Å². The first-order valence-electron chi connectivity index (χ1n) is 7.64. The zero-order chi connectivity index (χ0) is 16.4. The highest BCUT2D eigenvalue weighted by Crippen LogP contribution is 2.22. The number of rotatable bonds is 4. The van der Waals surface area contributed by atoms with E-state index in [1.54, 1.807) is 11.3 Å². The van der Waals surface area contributed by atoms with Crippen molar-refractivity contribution in [2.75, 3.05) is 5.32 Å². The maximum Gasteiger partial charge on any atom is 0.230 e. The van der Waals surface area contributed by atoms with Gasteiger partial charge in [0, 0.05) is 23.5 Å². The van der Waals surface area contributed by atoms with Crippen molar-refractivity contribution >= 4 is 27.9 Å². The summed E-state index contributed by atoms with van der Waals surface area (Å²) in [6, 6.07) is 18.0. The summed E-state index contributed by atoms with van der Waals surface area (Å²) in [5.74, 6) is -0.0639. The van der Waals surface area contributed by atoms with Crippen LogP contribution in [0.25, 0.3) is 16.1 Å². The molecule has 4 aromatic rings. The molecule has 118 valence electrons. The quantitative estimate of drug-likeness (QED) is 0.607. The third-order valence-corrected chi connectivity index (χ3v) is 4.51.